The summed E-state index contributed by atoms with van der Waals surface area (Å²) in [5.74, 6) is -0.636. The number of aromatic nitrogens is 2. The Hall–Kier alpha value is -1.56. The van der Waals surface area contributed by atoms with Crippen molar-refractivity contribution in [3.05, 3.63) is 40.4 Å². The lowest BCUT2D eigenvalue weighted by atomic mass is 10.1. The van der Waals surface area contributed by atoms with Crippen molar-refractivity contribution in [3.8, 4) is 0 Å². The van der Waals surface area contributed by atoms with Crippen LogP contribution in [-0.2, 0) is 6.42 Å². The first kappa shape index (κ1) is 14.8. The fourth-order valence-electron chi connectivity index (χ4n) is 1.84. The van der Waals surface area contributed by atoms with Crippen LogP contribution in [0.5, 0.6) is 0 Å². The summed E-state index contributed by atoms with van der Waals surface area (Å²) in [4.78, 5) is 0. The molecule has 3 nitrogen and oxygen atoms in total. The van der Waals surface area contributed by atoms with Gasteiger partial charge in [-0.05, 0) is 30.5 Å². The van der Waals surface area contributed by atoms with E-state index in [0.717, 1.165) is 17.5 Å². The van der Waals surface area contributed by atoms with Crippen molar-refractivity contribution in [1.82, 2.24) is 10.2 Å². The predicted molar refractivity (Wildman–Crippen MR) is 76.8 cm³/mol. The summed E-state index contributed by atoms with van der Waals surface area (Å²) in [6, 6.07) is 3.26. The topological polar surface area (TPSA) is 37.8 Å². The third-order valence-corrected chi connectivity index (χ3v) is 3.65. The van der Waals surface area contributed by atoms with Crippen molar-refractivity contribution in [2.75, 3.05) is 5.32 Å². The lowest BCUT2D eigenvalue weighted by molar-refractivity contribution is 0.577. The van der Waals surface area contributed by atoms with E-state index in [1.54, 1.807) is 0 Å². The van der Waals surface area contributed by atoms with E-state index >= 15 is 0 Å². The quantitative estimate of drug-likeness (QED) is 0.899. The molecule has 1 aromatic carbocycles. The number of halogens is 2. The zero-order chi connectivity index (χ0) is 14.7. The summed E-state index contributed by atoms with van der Waals surface area (Å²) in [5.41, 5.74) is 0.545. The van der Waals surface area contributed by atoms with Gasteiger partial charge in [0.1, 0.15) is 16.6 Å². The minimum Gasteiger partial charge on any atom is -0.354 e. The van der Waals surface area contributed by atoms with Gasteiger partial charge in [0.05, 0.1) is 6.04 Å². The van der Waals surface area contributed by atoms with Crippen LogP contribution in [0.2, 0.25) is 0 Å². The highest BCUT2D eigenvalue weighted by Gasteiger charge is 2.12. The lowest BCUT2D eigenvalue weighted by Crippen LogP contribution is -2.07. The SMILES string of the molecule is CC(C)Cc1nnc(NC(C)c2cc(F)cc(F)c2)s1. The molecule has 0 bridgehead atoms. The number of benzene rings is 1. The van der Waals surface area contributed by atoms with Gasteiger partial charge in [-0.25, -0.2) is 8.78 Å². The highest BCUT2D eigenvalue weighted by Crippen LogP contribution is 2.24. The second-order valence-electron chi connectivity index (χ2n) is 5.17. The van der Waals surface area contributed by atoms with Crippen LogP contribution in [0.15, 0.2) is 18.2 Å². The molecule has 2 rings (SSSR count). The molecule has 2 aromatic rings. The van der Waals surface area contributed by atoms with Crippen LogP contribution in [0.1, 0.15) is 37.4 Å². The van der Waals surface area contributed by atoms with E-state index in [-0.39, 0.29) is 6.04 Å². The second-order valence-corrected chi connectivity index (χ2v) is 6.23. The lowest BCUT2D eigenvalue weighted by Gasteiger charge is -2.13. The first-order chi connectivity index (χ1) is 9.44. The Morgan fingerprint density at radius 3 is 2.35 bits per heavy atom. The Morgan fingerprint density at radius 2 is 1.75 bits per heavy atom. The van der Waals surface area contributed by atoms with Gasteiger partial charge in [0.15, 0.2) is 0 Å². The molecule has 0 spiro atoms. The van der Waals surface area contributed by atoms with Gasteiger partial charge in [0.25, 0.3) is 0 Å². The van der Waals surface area contributed by atoms with E-state index in [4.69, 9.17) is 0 Å². The minimum absolute atomic E-state index is 0.236. The van der Waals surface area contributed by atoms with Crippen molar-refractivity contribution < 1.29 is 8.78 Å². The van der Waals surface area contributed by atoms with Gasteiger partial charge < -0.3 is 5.32 Å². The maximum absolute atomic E-state index is 13.2. The third-order valence-electron chi connectivity index (χ3n) is 2.77. The molecule has 108 valence electrons. The van der Waals surface area contributed by atoms with Crippen molar-refractivity contribution in [1.29, 1.82) is 0 Å². The number of nitrogens with zero attached hydrogens (tertiary/aromatic N) is 2. The van der Waals surface area contributed by atoms with Gasteiger partial charge in [-0.15, -0.1) is 10.2 Å². The molecule has 0 radical (unpaired) electrons. The predicted octanol–water partition coefficient (Wildman–Crippen LogP) is 4.19. The molecule has 0 saturated heterocycles. The average Bonchev–Trinajstić information content (AvgIpc) is 2.74. The van der Waals surface area contributed by atoms with Crippen molar-refractivity contribution in [2.24, 2.45) is 5.92 Å². The van der Waals surface area contributed by atoms with Crippen LogP contribution in [0, 0.1) is 17.6 Å². The Morgan fingerprint density at radius 1 is 1.10 bits per heavy atom. The smallest absolute Gasteiger partial charge is 0.206 e. The molecule has 1 heterocycles. The van der Waals surface area contributed by atoms with Gasteiger partial charge in [-0.2, -0.15) is 0 Å². The Kier molecular flexibility index (Phi) is 4.65. The van der Waals surface area contributed by atoms with Crippen molar-refractivity contribution in [2.45, 2.75) is 33.2 Å². The van der Waals surface area contributed by atoms with Crippen LogP contribution >= 0.6 is 11.3 Å². The monoisotopic (exact) mass is 297 g/mol. The van der Waals surface area contributed by atoms with Crippen LogP contribution in [-0.4, -0.2) is 10.2 Å². The summed E-state index contributed by atoms with van der Waals surface area (Å²) in [6.07, 6.45) is 0.877. The van der Waals surface area contributed by atoms with Gasteiger partial charge >= 0.3 is 0 Å². The summed E-state index contributed by atoms with van der Waals surface area (Å²) >= 11 is 1.47. The number of anilines is 1. The molecule has 0 aliphatic carbocycles. The van der Waals surface area contributed by atoms with Crippen LogP contribution in [0.3, 0.4) is 0 Å². The van der Waals surface area contributed by atoms with E-state index in [0.29, 0.717) is 16.6 Å². The molecule has 0 saturated carbocycles. The highest BCUT2D eigenvalue weighted by molar-refractivity contribution is 7.15. The Balaban J connectivity index is 2.07. The van der Waals surface area contributed by atoms with E-state index in [9.17, 15) is 8.78 Å². The fourth-order valence-corrected chi connectivity index (χ4v) is 2.88. The van der Waals surface area contributed by atoms with E-state index in [2.05, 4.69) is 29.4 Å². The van der Waals surface area contributed by atoms with Gasteiger partial charge in [0, 0.05) is 12.5 Å². The minimum atomic E-state index is -0.577. The second kappa shape index (κ2) is 6.26. The third kappa shape index (κ3) is 3.96. The van der Waals surface area contributed by atoms with Gasteiger partial charge in [-0.1, -0.05) is 25.2 Å². The molecule has 1 atom stereocenters. The van der Waals surface area contributed by atoms with E-state index in [1.807, 2.05) is 6.92 Å². The number of hydrogen-bond donors (Lipinski definition) is 1. The first-order valence-corrected chi connectivity index (χ1v) is 7.30. The highest BCUT2D eigenvalue weighted by atomic mass is 32.1. The van der Waals surface area contributed by atoms with Gasteiger partial charge in [-0.3, -0.25) is 0 Å². The number of hydrogen-bond acceptors (Lipinski definition) is 4. The fraction of sp³-hybridized carbons (Fsp3) is 0.429. The zero-order valence-electron chi connectivity index (χ0n) is 11.7. The van der Waals surface area contributed by atoms with Crippen molar-refractivity contribution in [3.63, 3.8) is 0 Å². The van der Waals surface area contributed by atoms with Crippen LogP contribution in [0.25, 0.3) is 0 Å². The Bertz CT molecular complexity index is 563. The summed E-state index contributed by atoms with van der Waals surface area (Å²) in [5, 5.41) is 12.9. The standard InChI is InChI=1S/C14H17F2N3S/c1-8(2)4-13-18-19-14(20-13)17-9(3)10-5-11(15)7-12(16)6-10/h5-9H,4H2,1-3H3,(H,17,19). The maximum atomic E-state index is 13.2. The van der Waals surface area contributed by atoms with Gasteiger partial charge in [0.2, 0.25) is 5.13 Å². The molecule has 6 heteroatoms. The molecular formula is C14H17F2N3S. The Labute approximate surface area is 121 Å². The zero-order valence-corrected chi connectivity index (χ0v) is 12.5. The van der Waals surface area contributed by atoms with Crippen molar-refractivity contribution >= 4 is 16.5 Å². The number of rotatable bonds is 5. The average molecular weight is 297 g/mol. The van der Waals surface area contributed by atoms with Crippen LogP contribution in [0.4, 0.5) is 13.9 Å². The molecule has 1 N–H and O–H groups in total. The molecule has 20 heavy (non-hydrogen) atoms. The summed E-state index contributed by atoms with van der Waals surface area (Å²) in [6.45, 7) is 6.07. The molecular weight excluding hydrogens is 280 g/mol. The van der Waals surface area contributed by atoms with Crippen LogP contribution < -0.4 is 5.32 Å². The molecule has 0 aliphatic heterocycles. The molecule has 1 aromatic heterocycles. The molecule has 1 unspecified atom stereocenters. The summed E-state index contributed by atoms with van der Waals surface area (Å²) < 4.78 is 26.4. The summed E-state index contributed by atoms with van der Waals surface area (Å²) in [7, 11) is 0. The molecule has 0 fully saturated rings. The maximum Gasteiger partial charge on any atom is 0.206 e. The van der Waals surface area contributed by atoms with E-state index in [1.165, 1.54) is 23.5 Å². The largest absolute Gasteiger partial charge is 0.354 e. The first-order valence-electron chi connectivity index (χ1n) is 6.49. The molecule has 0 amide bonds. The molecule has 0 aliphatic rings. The van der Waals surface area contributed by atoms with E-state index < -0.39 is 11.6 Å². The number of nitrogens with one attached hydrogen (secondary N) is 1. The normalized spacial score (nSPS) is 12.7.